The Hall–Kier alpha value is -1.50. The van der Waals surface area contributed by atoms with Gasteiger partial charge in [0.1, 0.15) is 11.5 Å². The first-order valence-electron chi connectivity index (χ1n) is 8.49. The van der Waals surface area contributed by atoms with Crippen molar-refractivity contribution >= 4 is 18.3 Å². The summed E-state index contributed by atoms with van der Waals surface area (Å²) in [6, 6.07) is 5.56. The summed E-state index contributed by atoms with van der Waals surface area (Å²) in [6.07, 6.45) is 3.15. The quantitative estimate of drug-likeness (QED) is 0.707. The lowest BCUT2D eigenvalue weighted by Crippen LogP contribution is -2.41. The smallest absolute Gasteiger partial charge is 0.227 e. The zero-order chi connectivity index (χ0) is 17.4. The van der Waals surface area contributed by atoms with Crippen LogP contribution in [0.25, 0.3) is 0 Å². The van der Waals surface area contributed by atoms with Gasteiger partial charge < -0.3 is 24.8 Å². The van der Waals surface area contributed by atoms with Crippen LogP contribution in [0.1, 0.15) is 24.8 Å². The van der Waals surface area contributed by atoms with E-state index in [2.05, 4.69) is 0 Å². The van der Waals surface area contributed by atoms with Crippen molar-refractivity contribution in [3.05, 3.63) is 23.8 Å². The van der Waals surface area contributed by atoms with Crippen LogP contribution in [-0.4, -0.2) is 57.4 Å². The molecule has 1 heterocycles. The number of methoxy groups -OCH3 is 2. The number of benzene rings is 1. The number of piperidine rings is 1. The first-order chi connectivity index (χ1) is 11.7. The average molecular weight is 373 g/mol. The highest BCUT2D eigenvalue weighted by atomic mass is 35.5. The molecule has 0 saturated carbocycles. The van der Waals surface area contributed by atoms with Crippen molar-refractivity contribution in [2.24, 2.45) is 5.73 Å². The van der Waals surface area contributed by atoms with Gasteiger partial charge in [0, 0.05) is 25.3 Å². The van der Waals surface area contributed by atoms with E-state index in [1.54, 1.807) is 14.2 Å². The molecule has 25 heavy (non-hydrogen) atoms. The average Bonchev–Trinajstić information content (AvgIpc) is 2.62. The minimum atomic E-state index is 0. The lowest BCUT2D eigenvalue weighted by molar-refractivity contribution is -0.133. The van der Waals surface area contributed by atoms with Gasteiger partial charge in [-0.25, -0.2) is 0 Å². The molecule has 2 N–H and O–H groups in total. The van der Waals surface area contributed by atoms with E-state index in [1.807, 2.05) is 23.1 Å². The second kappa shape index (κ2) is 11.2. The fraction of sp³-hybridized carbons (Fsp3) is 0.611. The summed E-state index contributed by atoms with van der Waals surface area (Å²) in [5.74, 6) is 1.46. The maximum atomic E-state index is 12.6. The van der Waals surface area contributed by atoms with Crippen molar-refractivity contribution in [3.63, 3.8) is 0 Å². The van der Waals surface area contributed by atoms with Crippen LogP contribution in [0.2, 0.25) is 0 Å². The Bertz CT molecular complexity index is 512. The third-order valence-corrected chi connectivity index (χ3v) is 4.35. The minimum Gasteiger partial charge on any atom is -0.496 e. The Labute approximate surface area is 156 Å². The van der Waals surface area contributed by atoms with Crippen molar-refractivity contribution in [2.45, 2.75) is 31.8 Å². The van der Waals surface area contributed by atoms with E-state index in [0.29, 0.717) is 24.7 Å². The zero-order valence-corrected chi connectivity index (χ0v) is 15.8. The summed E-state index contributed by atoms with van der Waals surface area (Å²) < 4.78 is 16.5. The van der Waals surface area contributed by atoms with Crippen LogP contribution in [0, 0.1) is 0 Å². The first kappa shape index (κ1) is 21.5. The summed E-state index contributed by atoms with van der Waals surface area (Å²) >= 11 is 0. The number of likely N-dealkylation sites (tertiary alicyclic amines) is 1. The standard InChI is InChI=1S/C18H28N2O4.ClH/c1-22-16-5-3-6-17(23-2)15(16)13-18(21)20-10-7-14(8-11-20)24-12-4-9-19;/h3,5-6,14H,4,7-13,19H2,1-2H3;1H. The van der Waals surface area contributed by atoms with Gasteiger partial charge in [0.25, 0.3) is 0 Å². The van der Waals surface area contributed by atoms with Crippen LogP contribution in [-0.2, 0) is 16.0 Å². The predicted molar refractivity (Wildman–Crippen MR) is 99.7 cm³/mol. The molecule has 0 aromatic heterocycles. The van der Waals surface area contributed by atoms with Gasteiger partial charge in [0.05, 0.1) is 26.7 Å². The third kappa shape index (κ3) is 6.06. The SMILES string of the molecule is COc1cccc(OC)c1CC(=O)N1CCC(OCCCN)CC1.Cl. The van der Waals surface area contributed by atoms with E-state index in [1.165, 1.54) is 0 Å². The van der Waals surface area contributed by atoms with Gasteiger partial charge in [-0.2, -0.15) is 0 Å². The Kier molecular flexibility index (Phi) is 9.63. The van der Waals surface area contributed by atoms with Gasteiger partial charge >= 0.3 is 0 Å². The molecule has 0 aliphatic carbocycles. The highest BCUT2D eigenvalue weighted by Gasteiger charge is 2.24. The maximum absolute atomic E-state index is 12.6. The van der Waals surface area contributed by atoms with Crippen LogP contribution in [0.15, 0.2) is 18.2 Å². The number of nitrogens with two attached hydrogens (primary N) is 1. The van der Waals surface area contributed by atoms with E-state index in [0.717, 1.165) is 37.9 Å². The minimum absolute atomic E-state index is 0. The normalized spacial score (nSPS) is 14.8. The van der Waals surface area contributed by atoms with Crippen LogP contribution in [0.4, 0.5) is 0 Å². The molecule has 0 bridgehead atoms. The van der Waals surface area contributed by atoms with Gasteiger partial charge in [-0.05, 0) is 37.9 Å². The topological polar surface area (TPSA) is 74.0 Å². The number of nitrogens with zero attached hydrogens (tertiary/aromatic N) is 1. The van der Waals surface area contributed by atoms with Crippen molar-refractivity contribution < 1.29 is 19.0 Å². The molecule has 1 saturated heterocycles. The predicted octanol–water partition coefficient (Wildman–Crippen LogP) is 2.02. The summed E-state index contributed by atoms with van der Waals surface area (Å²) in [6.45, 7) is 2.80. The van der Waals surface area contributed by atoms with E-state index < -0.39 is 0 Å². The van der Waals surface area contributed by atoms with Gasteiger partial charge in [-0.3, -0.25) is 4.79 Å². The molecule has 1 aromatic carbocycles. The lowest BCUT2D eigenvalue weighted by atomic mass is 10.0. The number of rotatable bonds is 8. The van der Waals surface area contributed by atoms with Gasteiger partial charge in [-0.1, -0.05) is 6.07 Å². The molecule has 1 fully saturated rings. The monoisotopic (exact) mass is 372 g/mol. The van der Waals surface area contributed by atoms with E-state index in [4.69, 9.17) is 19.9 Å². The van der Waals surface area contributed by atoms with Gasteiger partial charge in [-0.15, -0.1) is 12.4 Å². The number of halogens is 1. The molecule has 142 valence electrons. The van der Waals surface area contributed by atoms with Crippen LogP contribution in [0.3, 0.4) is 0 Å². The Morgan fingerprint density at radius 2 is 1.80 bits per heavy atom. The largest absolute Gasteiger partial charge is 0.496 e. The number of carbonyl (C=O) groups is 1. The molecule has 1 aliphatic rings. The number of ether oxygens (including phenoxy) is 3. The molecule has 0 radical (unpaired) electrons. The number of amides is 1. The molecule has 2 rings (SSSR count). The van der Waals surface area contributed by atoms with Crippen LogP contribution in [0.5, 0.6) is 11.5 Å². The summed E-state index contributed by atoms with van der Waals surface area (Å²) in [7, 11) is 3.21. The Balaban J connectivity index is 0.00000312. The molecular formula is C18H29ClN2O4. The fourth-order valence-electron chi connectivity index (χ4n) is 2.97. The second-order valence-electron chi connectivity index (χ2n) is 5.91. The van der Waals surface area contributed by atoms with Crippen molar-refractivity contribution in [1.82, 2.24) is 4.90 Å². The fourth-order valence-corrected chi connectivity index (χ4v) is 2.97. The number of hydrogen-bond acceptors (Lipinski definition) is 5. The van der Waals surface area contributed by atoms with Crippen molar-refractivity contribution in [2.75, 3.05) is 40.5 Å². The summed E-state index contributed by atoms with van der Waals surface area (Å²) in [4.78, 5) is 14.5. The lowest BCUT2D eigenvalue weighted by Gasteiger charge is -2.32. The van der Waals surface area contributed by atoms with Crippen molar-refractivity contribution in [1.29, 1.82) is 0 Å². The highest BCUT2D eigenvalue weighted by Crippen LogP contribution is 2.29. The van der Waals surface area contributed by atoms with Crippen LogP contribution >= 0.6 is 12.4 Å². The molecule has 6 nitrogen and oxygen atoms in total. The molecule has 0 unspecified atom stereocenters. The number of hydrogen-bond donors (Lipinski definition) is 1. The van der Waals surface area contributed by atoms with Gasteiger partial charge in [0.2, 0.25) is 5.91 Å². The Morgan fingerprint density at radius 3 is 2.32 bits per heavy atom. The molecule has 7 heteroatoms. The molecule has 1 aromatic rings. The van der Waals surface area contributed by atoms with Crippen LogP contribution < -0.4 is 15.2 Å². The first-order valence-corrected chi connectivity index (χ1v) is 8.49. The molecule has 0 spiro atoms. The highest BCUT2D eigenvalue weighted by molar-refractivity contribution is 5.85. The summed E-state index contributed by atoms with van der Waals surface area (Å²) in [5, 5.41) is 0. The van der Waals surface area contributed by atoms with E-state index in [-0.39, 0.29) is 30.8 Å². The van der Waals surface area contributed by atoms with E-state index >= 15 is 0 Å². The van der Waals surface area contributed by atoms with Gasteiger partial charge in [0.15, 0.2) is 0 Å². The zero-order valence-electron chi connectivity index (χ0n) is 15.0. The number of carbonyl (C=O) groups excluding carboxylic acids is 1. The maximum Gasteiger partial charge on any atom is 0.227 e. The molecule has 1 aliphatic heterocycles. The second-order valence-corrected chi connectivity index (χ2v) is 5.91. The summed E-state index contributed by atoms with van der Waals surface area (Å²) in [5.41, 5.74) is 6.27. The van der Waals surface area contributed by atoms with E-state index in [9.17, 15) is 4.79 Å². The van der Waals surface area contributed by atoms with Crippen molar-refractivity contribution in [3.8, 4) is 11.5 Å². The molecular weight excluding hydrogens is 344 g/mol. The third-order valence-electron chi connectivity index (χ3n) is 4.35. The molecule has 0 atom stereocenters. The Morgan fingerprint density at radius 1 is 1.20 bits per heavy atom. The molecule has 1 amide bonds.